The van der Waals surface area contributed by atoms with E-state index in [1.807, 2.05) is 43.0 Å². The van der Waals surface area contributed by atoms with E-state index in [1.165, 1.54) is 0 Å². The number of benzene rings is 1. The molecule has 134 valence electrons. The molecular formula is C19H25N3O3. The highest BCUT2D eigenvalue weighted by Crippen LogP contribution is 2.21. The van der Waals surface area contributed by atoms with E-state index in [4.69, 9.17) is 9.26 Å². The van der Waals surface area contributed by atoms with E-state index in [9.17, 15) is 4.79 Å². The molecule has 1 fully saturated rings. The Kier molecular flexibility index (Phi) is 5.81. The normalized spacial score (nSPS) is 17.7. The molecule has 25 heavy (non-hydrogen) atoms. The number of aromatic nitrogens is 2. The molecule has 0 N–H and O–H groups in total. The number of carbonyl (C=O) groups excluding carboxylic acids is 1. The smallest absolute Gasteiger partial charge is 0.236 e. The second-order valence-electron chi connectivity index (χ2n) is 6.51. The van der Waals surface area contributed by atoms with Crippen LogP contribution in [0.25, 0.3) is 11.4 Å². The number of aryl methyl sites for hydroxylation is 1. The first kappa shape index (κ1) is 17.6. The molecule has 0 radical (unpaired) electrons. The van der Waals surface area contributed by atoms with Crippen LogP contribution >= 0.6 is 0 Å². The van der Waals surface area contributed by atoms with Gasteiger partial charge in [-0.3, -0.25) is 4.79 Å². The number of hydrogen-bond acceptors (Lipinski definition) is 5. The molecule has 1 saturated heterocycles. The van der Waals surface area contributed by atoms with Gasteiger partial charge in [0.25, 0.3) is 0 Å². The van der Waals surface area contributed by atoms with E-state index >= 15 is 0 Å². The van der Waals surface area contributed by atoms with Gasteiger partial charge in [0.2, 0.25) is 17.6 Å². The first-order valence-electron chi connectivity index (χ1n) is 8.91. The van der Waals surface area contributed by atoms with Crippen molar-refractivity contribution in [2.45, 2.75) is 33.1 Å². The van der Waals surface area contributed by atoms with Crippen LogP contribution < -0.4 is 0 Å². The van der Waals surface area contributed by atoms with Crippen molar-refractivity contribution >= 4 is 5.91 Å². The molecule has 1 aromatic heterocycles. The fraction of sp³-hybridized carbons (Fsp3) is 0.526. The number of carbonyl (C=O) groups is 1. The third-order valence-electron chi connectivity index (χ3n) is 4.59. The standard InChI is InChI=1S/C19H25N3O3/c1-3-24-13-15-8-6-10-22(12-15)18(23)11-17-20-19(21-25-17)16-9-5-4-7-14(16)2/h4-5,7,9,15H,3,6,8,10-13H2,1-2H3. The Morgan fingerprint density at radius 1 is 1.40 bits per heavy atom. The molecule has 0 aliphatic carbocycles. The SMILES string of the molecule is CCOCC1CCCN(C(=O)Cc2nc(-c3ccccc3C)no2)C1. The molecule has 0 bridgehead atoms. The van der Waals surface area contributed by atoms with Crippen molar-refractivity contribution in [3.05, 3.63) is 35.7 Å². The molecule has 1 unspecified atom stereocenters. The van der Waals surface area contributed by atoms with Gasteiger partial charge < -0.3 is 14.2 Å². The van der Waals surface area contributed by atoms with Crippen molar-refractivity contribution in [1.29, 1.82) is 0 Å². The maximum Gasteiger partial charge on any atom is 0.236 e. The summed E-state index contributed by atoms with van der Waals surface area (Å²) >= 11 is 0. The summed E-state index contributed by atoms with van der Waals surface area (Å²) in [5.74, 6) is 1.37. The molecule has 2 heterocycles. The third kappa shape index (κ3) is 4.45. The zero-order valence-electron chi connectivity index (χ0n) is 14.9. The third-order valence-corrected chi connectivity index (χ3v) is 4.59. The minimum atomic E-state index is 0.0428. The lowest BCUT2D eigenvalue weighted by Crippen LogP contribution is -2.42. The summed E-state index contributed by atoms with van der Waals surface area (Å²) in [6, 6.07) is 7.87. The van der Waals surface area contributed by atoms with Crippen LogP contribution in [0.15, 0.2) is 28.8 Å². The first-order valence-corrected chi connectivity index (χ1v) is 8.91. The summed E-state index contributed by atoms with van der Waals surface area (Å²) in [5, 5.41) is 4.02. The first-order chi connectivity index (χ1) is 12.2. The minimum absolute atomic E-state index is 0.0428. The maximum atomic E-state index is 12.6. The van der Waals surface area contributed by atoms with Gasteiger partial charge in [-0.15, -0.1) is 0 Å². The Bertz CT molecular complexity index is 713. The van der Waals surface area contributed by atoms with Crippen molar-refractivity contribution < 1.29 is 14.1 Å². The Morgan fingerprint density at radius 2 is 2.24 bits per heavy atom. The van der Waals surface area contributed by atoms with Gasteiger partial charge >= 0.3 is 0 Å². The number of amides is 1. The Labute approximate surface area is 148 Å². The molecule has 6 heteroatoms. The van der Waals surface area contributed by atoms with Gasteiger partial charge in [-0.05, 0) is 38.2 Å². The van der Waals surface area contributed by atoms with Crippen LogP contribution in [0, 0.1) is 12.8 Å². The summed E-state index contributed by atoms with van der Waals surface area (Å²) in [6.07, 6.45) is 2.28. The number of rotatable bonds is 6. The molecule has 2 aromatic rings. The average Bonchev–Trinajstić information content (AvgIpc) is 3.09. The van der Waals surface area contributed by atoms with Gasteiger partial charge in [0.15, 0.2) is 0 Å². The van der Waals surface area contributed by atoms with Crippen LogP contribution in [0.5, 0.6) is 0 Å². The minimum Gasteiger partial charge on any atom is -0.381 e. The quantitative estimate of drug-likeness (QED) is 0.807. The molecule has 1 aliphatic rings. The van der Waals surface area contributed by atoms with Crippen molar-refractivity contribution in [2.24, 2.45) is 5.92 Å². The zero-order valence-corrected chi connectivity index (χ0v) is 14.9. The zero-order chi connectivity index (χ0) is 17.6. The van der Waals surface area contributed by atoms with E-state index in [2.05, 4.69) is 10.1 Å². The van der Waals surface area contributed by atoms with Gasteiger partial charge in [-0.2, -0.15) is 4.98 Å². The van der Waals surface area contributed by atoms with Crippen LogP contribution in [-0.2, 0) is 16.0 Å². The molecule has 1 aliphatic heterocycles. The second-order valence-corrected chi connectivity index (χ2v) is 6.51. The molecule has 6 nitrogen and oxygen atoms in total. The molecule has 1 aromatic carbocycles. The maximum absolute atomic E-state index is 12.6. The number of piperidine rings is 1. The van der Waals surface area contributed by atoms with E-state index in [0.29, 0.717) is 24.2 Å². The topological polar surface area (TPSA) is 68.5 Å². The van der Waals surface area contributed by atoms with E-state index in [1.54, 1.807) is 0 Å². The van der Waals surface area contributed by atoms with Gasteiger partial charge in [0.05, 0.1) is 6.61 Å². The number of ether oxygens (including phenoxy) is 1. The van der Waals surface area contributed by atoms with E-state index < -0.39 is 0 Å². The van der Waals surface area contributed by atoms with Crippen molar-refractivity contribution in [2.75, 3.05) is 26.3 Å². The van der Waals surface area contributed by atoms with Crippen LogP contribution in [0.2, 0.25) is 0 Å². The second kappa shape index (κ2) is 8.25. The van der Waals surface area contributed by atoms with Crippen LogP contribution in [0.4, 0.5) is 0 Å². The van der Waals surface area contributed by atoms with Gasteiger partial charge in [0.1, 0.15) is 6.42 Å². The predicted octanol–water partition coefficient (Wildman–Crippen LogP) is 2.86. The van der Waals surface area contributed by atoms with E-state index in [-0.39, 0.29) is 12.3 Å². The predicted molar refractivity (Wildman–Crippen MR) is 94.0 cm³/mol. The van der Waals surface area contributed by atoms with Crippen molar-refractivity contribution in [1.82, 2.24) is 15.0 Å². The Morgan fingerprint density at radius 3 is 3.04 bits per heavy atom. The lowest BCUT2D eigenvalue weighted by molar-refractivity contribution is -0.133. The van der Waals surface area contributed by atoms with Crippen LogP contribution in [0.3, 0.4) is 0 Å². The summed E-state index contributed by atoms with van der Waals surface area (Å²) < 4.78 is 10.8. The largest absolute Gasteiger partial charge is 0.381 e. The van der Waals surface area contributed by atoms with Crippen LogP contribution in [0.1, 0.15) is 31.2 Å². The monoisotopic (exact) mass is 343 g/mol. The Hall–Kier alpha value is -2.21. The van der Waals surface area contributed by atoms with Gasteiger partial charge in [-0.25, -0.2) is 0 Å². The molecule has 0 spiro atoms. The summed E-state index contributed by atoms with van der Waals surface area (Å²) in [4.78, 5) is 18.8. The van der Waals surface area contributed by atoms with Crippen LogP contribution in [-0.4, -0.2) is 47.3 Å². The fourth-order valence-electron chi connectivity index (χ4n) is 3.21. The summed E-state index contributed by atoms with van der Waals surface area (Å²) in [5.41, 5.74) is 2.01. The van der Waals surface area contributed by atoms with Gasteiger partial charge in [0, 0.05) is 25.3 Å². The highest BCUT2D eigenvalue weighted by atomic mass is 16.5. The molecular weight excluding hydrogens is 318 g/mol. The van der Waals surface area contributed by atoms with Crippen molar-refractivity contribution in [3.63, 3.8) is 0 Å². The van der Waals surface area contributed by atoms with Gasteiger partial charge in [-0.1, -0.05) is 29.4 Å². The molecule has 1 atom stereocenters. The summed E-state index contributed by atoms with van der Waals surface area (Å²) in [6.45, 7) is 6.97. The molecule has 0 saturated carbocycles. The molecule has 3 rings (SSSR count). The highest BCUT2D eigenvalue weighted by molar-refractivity contribution is 5.78. The van der Waals surface area contributed by atoms with E-state index in [0.717, 1.165) is 43.7 Å². The Balaban J connectivity index is 1.61. The lowest BCUT2D eigenvalue weighted by atomic mass is 9.98. The lowest BCUT2D eigenvalue weighted by Gasteiger charge is -2.32. The number of hydrogen-bond donors (Lipinski definition) is 0. The summed E-state index contributed by atoms with van der Waals surface area (Å²) in [7, 11) is 0. The average molecular weight is 343 g/mol. The number of likely N-dealkylation sites (tertiary alicyclic amines) is 1. The number of nitrogens with zero attached hydrogens (tertiary/aromatic N) is 3. The molecule has 1 amide bonds. The highest BCUT2D eigenvalue weighted by Gasteiger charge is 2.25. The fourth-order valence-corrected chi connectivity index (χ4v) is 3.21. The van der Waals surface area contributed by atoms with Crippen molar-refractivity contribution in [3.8, 4) is 11.4 Å².